The number of rotatable bonds is 41. The summed E-state index contributed by atoms with van der Waals surface area (Å²) in [6.07, 6.45) is 0. The van der Waals surface area contributed by atoms with Gasteiger partial charge in [-0.3, -0.25) is 0 Å². The van der Waals surface area contributed by atoms with E-state index < -0.39 is 0 Å². The van der Waals surface area contributed by atoms with Crippen LogP contribution >= 0.6 is 0 Å². The molecule has 0 aromatic rings. The van der Waals surface area contributed by atoms with Gasteiger partial charge in [-0.25, -0.2) is 5.26 Å². The van der Waals surface area contributed by atoms with E-state index in [2.05, 4.69) is 206 Å². The molecule has 0 amide bonds. The van der Waals surface area contributed by atoms with Crippen LogP contribution in [0.15, 0.2) is 0 Å². The predicted octanol–water partition coefficient (Wildman–Crippen LogP) is -3.30. The molecule has 0 aromatic carbocycles. The van der Waals surface area contributed by atoms with Crippen molar-refractivity contribution in [1.82, 2.24) is 0 Å². The van der Waals surface area contributed by atoms with Crippen molar-refractivity contribution in [2.24, 2.45) is 0 Å². The van der Waals surface area contributed by atoms with E-state index in [1.165, 1.54) is 0 Å². The van der Waals surface area contributed by atoms with Crippen LogP contribution in [-0.2, 0) is 211 Å². The molecule has 0 aliphatic heterocycles. The van der Waals surface area contributed by atoms with E-state index in [1.54, 1.807) is 0 Å². The van der Waals surface area contributed by atoms with E-state index in [-0.39, 0.29) is 7.35 Å². The van der Waals surface area contributed by atoms with Crippen molar-refractivity contribution in [3.05, 3.63) is 0 Å². The van der Waals surface area contributed by atoms with Crippen molar-refractivity contribution < 1.29 is 216 Å². The molecule has 0 radical (unpaired) electrons. The molecule has 0 spiro atoms. The molecule has 0 saturated heterocycles. The van der Waals surface area contributed by atoms with Gasteiger partial charge in [0.15, 0.2) is 0 Å². The second kappa shape index (κ2) is 41.0. The van der Waals surface area contributed by atoms with Crippen molar-refractivity contribution >= 4 is 7.35 Å². The molecule has 0 heterocycles. The third-order valence-electron chi connectivity index (χ3n) is 1.16. The summed E-state index contributed by atoms with van der Waals surface area (Å²) in [6.45, 7) is 0. The summed E-state index contributed by atoms with van der Waals surface area (Å²) >= 11 is 0. The Kier molecular flexibility index (Phi) is 39.2. The van der Waals surface area contributed by atoms with Gasteiger partial charge in [0.1, 0.15) is 0 Å². The molecule has 0 bridgehead atoms. The first-order valence-corrected chi connectivity index (χ1v) is 7.32. The Morgan fingerprint density at radius 2 is 0.364 bits per heavy atom. The molecule has 0 rings (SSSR count). The van der Waals surface area contributed by atoms with Crippen LogP contribution in [0, 0.1) is 0 Å². The van der Waals surface area contributed by atoms with Crippen molar-refractivity contribution in [3.8, 4) is 0 Å². The summed E-state index contributed by atoms with van der Waals surface area (Å²) in [5, 5.41) is 146. The Hall–Kier alpha value is -1.98. The summed E-state index contributed by atoms with van der Waals surface area (Å²) in [5.41, 5.74) is 0. The molecule has 43 nitrogen and oxygen atoms in total. The van der Waals surface area contributed by atoms with E-state index in [4.69, 9.17) is 5.26 Å². The smallest absolute Gasteiger partial charge is 0.219 e. The van der Waals surface area contributed by atoms with Crippen LogP contribution in [0.4, 0.5) is 0 Å². The maximum absolute atomic E-state index is 9.55. The summed E-state index contributed by atoms with van der Waals surface area (Å²) in [5.74, 6) is 0. The standard InChI is InChI=1S/BHO43/c2-1-4-6-8-10-12-14-16-18-20-22-24-26-28-30-32-34-36-38-40-42-44-43-41-39-37-35-33-31-29-27-25-23-21-19-17-15-13-11-9-7-5-3/h3H. The van der Waals surface area contributed by atoms with Gasteiger partial charge in [-0.1, -0.05) is 0 Å². The SMILES string of the molecule is O=BOOOOOOOOOOOOOOOOOOOOOOOOOOOOOOOOOOOOOOOOOO. The third kappa shape index (κ3) is 40.0. The van der Waals surface area contributed by atoms with E-state index in [0.717, 1.165) is 0 Å². The summed E-state index contributed by atoms with van der Waals surface area (Å²) in [7, 11) is -0.184. The molecule has 0 aromatic heterocycles. The van der Waals surface area contributed by atoms with Crippen LogP contribution in [0.5, 0.6) is 0 Å². The summed E-state index contributed by atoms with van der Waals surface area (Å²) in [4.78, 5) is 3.48. The first kappa shape index (κ1) is 42.0. The van der Waals surface area contributed by atoms with Gasteiger partial charge in [-0.05, 0) is 40.3 Å². The van der Waals surface area contributed by atoms with Gasteiger partial charge in [0, 0.05) is 106 Å². The van der Waals surface area contributed by atoms with Gasteiger partial charge in [0.2, 0.25) is 0 Å². The molecule has 1 N–H and O–H groups in total. The molecular formula is HBO43. The second-order valence-electron chi connectivity index (χ2n) is 2.92. The van der Waals surface area contributed by atoms with Crippen molar-refractivity contribution in [2.45, 2.75) is 0 Å². The van der Waals surface area contributed by atoms with Gasteiger partial charge in [0.05, 0.1) is 0 Å². The third-order valence-corrected chi connectivity index (χ3v) is 1.16. The zero-order chi connectivity index (χ0) is 31.7. The van der Waals surface area contributed by atoms with Crippen LogP contribution in [0.2, 0.25) is 0 Å². The topological polar surface area (TPSA) is 416 Å². The zero-order valence-electron chi connectivity index (χ0n) is 18.2. The molecule has 0 atom stereocenters. The van der Waals surface area contributed by atoms with Crippen LogP contribution < -0.4 is 0 Å². The Morgan fingerprint density at radius 3 is 0.500 bits per heavy atom. The quantitative estimate of drug-likeness (QED) is 0.0282. The molecule has 44 heavy (non-hydrogen) atoms. The Labute approximate surface area is 225 Å². The average Bonchev–Trinajstić information content (AvgIpc) is 3.04. The minimum Gasteiger partial charge on any atom is -0.219 e. The van der Waals surface area contributed by atoms with Crippen LogP contribution in [0.25, 0.3) is 0 Å². The Bertz CT molecular complexity index is 485. The molecule has 0 aliphatic rings. The maximum atomic E-state index is 9.55. The first-order chi connectivity index (χ1) is 21.9. The van der Waals surface area contributed by atoms with Crippen LogP contribution in [0.3, 0.4) is 0 Å². The minimum atomic E-state index is -0.184. The summed E-state index contributed by atoms with van der Waals surface area (Å²) < 4.78 is 9.55. The zero-order valence-corrected chi connectivity index (χ0v) is 18.2. The fraction of sp³-hybridized carbons (Fsp3) is 0. The van der Waals surface area contributed by atoms with E-state index in [1.807, 2.05) is 0 Å². The Morgan fingerprint density at radius 1 is 0.227 bits per heavy atom. The van der Waals surface area contributed by atoms with E-state index >= 15 is 0 Å². The van der Waals surface area contributed by atoms with Gasteiger partial charge in [0.25, 0.3) is 0 Å². The molecule has 0 saturated carbocycles. The second-order valence-corrected chi connectivity index (χ2v) is 2.92. The first-order valence-electron chi connectivity index (χ1n) is 7.32. The minimum absolute atomic E-state index is 0.184. The monoisotopic (exact) mass is 700 g/mol. The molecule has 262 valence electrons. The van der Waals surface area contributed by atoms with Crippen molar-refractivity contribution in [2.75, 3.05) is 0 Å². The predicted molar refractivity (Wildman–Crippen MR) is 53.6 cm³/mol. The van der Waals surface area contributed by atoms with Crippen molar-refractivity contribution in [1.29, 1.82) is 0 Å². The van der Waals surface area contributed by atoms with Crippen LogP contribution in [0.1, 0.15) is 0 Å². The molecule has 0 fully saturated rings. The van der Waals surface area contributed by atoms with Crippen molar-refractivity contribution in [3.63, 3.8) is 0 Å². The number of hydrogen-bond donors (Lipinski definition) is 1. The van der Waals surface area contributed by atoms with Crippen LogP contribution in [-0.4, -0.2) is 12.6 Å². The normalized spacial score (nSPS) is 11.3. The van der Waals surface area contributed by atoms with Gasteiger partial charge in [-0.2, -0.15) is 0 Å². The van der Waals surface area contributed by atoms with E-state index in [9.17, 15) is 4.70 Å². The summed E-state index contributed by atoms with van der Waals surface area (Å²) in [6, 6.07) is 0. The van der Waals surface area contributed by atoms with Gasteiger partial charge < -0.3 is 0 Å². The number of hydrogen-bond acceptors (Lipinski definition) is 43. The Balaban J connectivity index is 3.03. The van der Waals surface area contributed by atoms with Gasteiger partial charge in [-0.15, -0.1) is 0 Å². The fourth-order valence-corrected chi connectivity index (χ4v) is 0.464. The van der Waals surface area contributed by atoms with E-state index in [0.29, 0.717) is 0 Å². The average molecular weight is 700 g/mol. The van der Waals surface area contributed by atoms with Gasteiger partial charge >= 0.3 is 72.3 Å². The fourth-order valence-electron chi connectivity index (χ4n) is 0.464. The molecule has 0 unspecified atom stereocenters. The molecule has 0 aliphatic carbocycles. The molecular weight excluding hydrogens is 699 g/mol. The molecule has 44 heteroatoms.